The molecule has 1 aromatic carbocycles. The molecule has 0 bridgehead atoms. The summed E-state index contributed by atoms with van der Waals surface area (Å²) in [5.41, 5.74) is -2.13. The van der Waals surface area contributed by atoms with Crippen LogP contribution in [0.3, 0.4) is 0 Å². The molecule has 0 aliphatic carbocycles. The minimum Gasteiger partial charge on any atom is -0.447 e. The molecule has 1 aliphatic heterocycles. The first-order chi connectivity index (χ1) is 9.15. The maximum atomic E-state index is 12.9. The lowest BCUT2D eigenvalue weighted by Crippen LogP contribution is -2.43. The molecular formula is C10H3F6NO2S. The number of alkyl halides is 6. The van der Waals surface area contributed by atoms with Crippen molar-refractivity contribution >= 4 is 23.1 Å². The summed E-state index contributed by atoms with van der Waals surface area (Å²) in [7, 11) is 0. The van der Waals surface area contributed by atoms with E-state index in [2.05, 4.69) is 26.7 Å². The largest absolute Gasteiger partial charge is 0.468 e. The zero-order valence-corrected chi connectivity index (χ0v) is 9.99. The van der Waals surface area contributed by atoms with Gasteiger partial charge in [0, 0.05) is 6.07 Å². The number of isothiocyanates is 1. The molecule has 0 saturated heterocycles. The Morgan fingerprint density at radius 3 is 2.45 bits per heavy atom. The first kappa shape index (κ1) is 14.6. The van der Waals surface area contributed by atoms with Crippen molar-refractivity contribution in [1.82, 2.24) is 0 Å². The Morgan fingerprint density at radius 1 is 1.25 bits per heavy atom. The van der Waals surface area contributed by atoms with E-state index in [4.69, 9.17) is 0 Å². The Labute approximate surface area is 112 Å². The third-order valence-electron chi connectivity index (χ3n) is 2.27. The SMILES string of the molecule is FC1Oc2cc(N=C=S)c(C(F)(F)F)cc2OC1(F)F. The van der Waals surface area contributed by atoms with E-state index in [1.165, 1.54) is 0 Å². The van der Waals surface area contributed by atoms with Crippen molar-refractivity contribution < 1.29 is 35.8 Å². The van der Waals surface area contributed by atoms with Crippen molar-refractivity contribution in [3.8, 4) is 11.5 Å². The number of hydrogen-bond acceptors (Lipinski definition) is 4. The van der Waals surface area contributed by atoms with E-state index in [1.54, 1.807) is 5.16 Å². The second-order valence-electron chi connectivity index (χ2n) is 3.61. The van der Waals surface area contributed by atoms with E-state index in [1.807, 2.05) is 0 Å². The average molecular weight is 315 g/mol. The fourth-order valence-electron chi connectivity index (χ4n) is 1.46. The smallest absolute Gasteiger partial charge is 0.447 e. The molecule has 10 heteroatoms. The number of hydrogen-bond donors (Lipinski definition) is 0. The molecule has 20 heavy (non-hydrogen) atoms. The van der Waals surface area contributed by atoms with E-state index in [9.17, 15) is 26.3 Å². The van der Waals surface area contributed by atoms with Crippen LogP contribution in [0.4, 0.5) is 32.0 Å². The number of ether oxygens (including phenoxy) is 2. The van der Waals surface area contributed by atoms with Gasteiger partial charge < -0.3 is 9.47 Å². The molecular weight excluding hydrogens is 312 g/mol. The van der Waals surface area contributed by atoms with Gasteiger partial charge in [0.1, 0.15) is 0 Å². The summed E-state index contributed by atoms with van der Waals surface area (Å²) in [6.45, 7) is 0. The molecule has 1 heterocycles. The van der Waals surface area contributed by atoms with E-state index < -0.39 is 41.4 Å². The highest BCUT2D eigenvalue weighted by atomic mass is 32.1. The second-order valence-corrected chi connectivity index (χ2v) is 3.80. The number of rotatable bonds is 1. The Morgan fingerprint density at radius 2 is 1.90 bits per heavy atom. The summed E-state index contributed by atoms with van der Waals surface area (Å²) in [4.78, 5) is 3.14. The summed E-state index contributed by atoms with van der Waals surface area (Å²) in [6.07, 6.45) is -12.4. The highest BCUT2D eigenvalue weighted by Crippen LogP contribution is 2.47. The van der Waals surface area contributed by atoms with Gasteiger partial charge in [-0.1, -0.05) is 0 Å². The average Bonchev–Trinajstić information content (AvgIpc) is 2.29. The predicted molar refractivity (Wildman–Crippen MR) is 57.2 cm³/mol. The quantitative estimate of drug-likeness (QED) is 0.444. The van der Waals surface area contributed by atoms with Gasteiger partial charge in [-0.05, 0) is 18.3 Å². The van der Waals surface area contributed by atoms with Crippen LogP contribution in [-0.4, -0.2) is 17.6 Å². The van der Waals surface area contributed by atoms with Gasteiger partial charge in [0.2, 0.25) is 0 Å². The van der Waals surface area contributed by atoms with Crippen molar-refractivity contribution in [1.29, 1.82) is 0 Å². The van der Waals surface area contributed by atoms with Gasteiger partial charge in [-0.25, -0.2) is 0 Å². The molecule has 0 fully saturated rings. The molecule has 0 radical (unpaired) electrons. The van der Waals surface area contributed by atoms with Gasteiger partial charge in [-0.2, -0.15) is 31.3 Å². The van der Waals surface area contributed by atoms with Gasteiger partial charge in [0.25, 0.3) is 0 Å². The summed E-state index contributed by atoms with van der Waals surface area (Å²) < 4.78 is 84.9. The van der Waals surface area contributed by atoms with Gasteiger partial charge in [-0.3, -0.25) is 0 Å². The van der Waals surface area contributed by atoms with Crippen LogP contribution in [0.15, 0.2) is 17.1 Å². The molecule has 1 aliphatic rings. The van der Waals surface area contributed by atoms with Crippen molar-refractivity contribution in [2.45, 2.75) is 18.6 Å². The molecule has 0 aromatic heterocycles. The monoisotopic (exact) mass is 315 g/mol. The molecule has 0 saturated carbocycles. The molecule has 0 amide bonds. The van der Waals surface area contributed by atoms with Crippen LogP contribution in [0.2, 0.25) is 0 Å². The third-order valence-corrected chi connectivity index (χ3v) is 2.37. The van der Waals surface area contributed by atoms with E-state index in [0.29, 0.717) is 6.07 Å². The maximum Gasteiger partial charge on any atom is 0.468 e. The highest BCUT2D eigenvalue weighted by molar-refractivity contribution is 7.78. The molecule has 3 nitrogen and oxygen atoms in total. The number of benzene rings is 1. The van der Waals surface area contributed by atoms with E-state index >= 15 is 0 Å². The molecule has 0 spiro atoms. The van der Waals surface area contributed by atoms with Crippen LogP contribution in [0, 0.1) is 0 Å². The Bertz CT molecular complexity index is 596. The summed E-state index contributed by atoms with van der Waals surface area (Å²) in [6, 6.07) is 0.833. The van der Waals surface area contributed by atoms with Crippen molar-refractivity contribution in [2.75, 3.05) is 0 Å². The van der Waals surface area contributed by atoms with Crippen LogP contribution in [0.25, 0.3) is 0 Å². The van der Waals surface area contributed by atoms with Crippen molar-refractivity contribution in [3.05, 3.63) is 17.7 Å². The van der Waals surface area contributed by atoms with Crippen LogP contribution < -0.4 is 9.47 Å². The van der Waals surface area contributed by atoms with Gasteiger partial charge in [-0.15, -0.1) is 0 Å². The fourth-order valence-corrected chi connectivity index (χ4v) is 1.56. The zero-order valence-electron chi connectivity index (χ0n) is 9.17. The van der Waals surface area contributed by atoms with Crippen LogP contribution in [0.5, 0.6) is 11.5 Å². The topological polar surface area (TPSA) is 30.8 Å². The minimum atomic E-state index is -4.90. The van der Waals surface area contributed by atoms with E-state index in [-0.39, 0.29) is 6.07 Å². The molecule has 1 aromatic rings. The second kappa shape index (κ2) is 4.64. The van der Waals surface area contributed by atoms with E-state index in [0.717, 1.165) is 0 Å². The molecule has 1 atom stereocenters. The van der Waals surface area contributed by atoms with Crippen LogP contribution in [0.1, 0.15) is 5.56 Å². The maximum absolute atomic E-state index is 12.9. The van der Waals surface area contributed by atoms with Crippen LogP contribution >= 0.6 is 12.2 Å². The number of nitrogens with zero attached hydrogens (tertiary/aromatic N) is 1. The van der Waals surface area contributed by atoms with Crippen molar-refractivity contribution in [2.24, 2.45) is 4.99 Å². The standard InChI is InChI=1S/C10H3F6NO2S/c11-8-10(15,16)19-7-1-4(9(12,13)14)5(17-3-20)2-6(7)18-8/h1-2,8H. The first-order valence-corrected chi connectivity index (χ1v) is 5.26. The number of thiocarbonyl (C=S) groups is 1. The fraction of sp³-hybridized carbons (Fsp3) is 0.300. The third kappa shape index (κ3) is 2.56. The summed E-state index contributed by atoms with van der Waals surface area (Å²) >= 11 is 4.18. The minimum absolute atomic E-state index is 0.237. The highest BCUT2D eigenvalue weighted by Gasteiger charge is 2.50. The first-order valence-electron chi connectivity index (χ1n) is 4.86. The summed E-state index contributed by atoms with van der Waals surface area (Å²) in [5, 5.41) is 1.70. The molecule has 0 N–H and O–H groups in total. The van der Waals surface area contributed by atoms with Gasteiger partial charge in [0.15, 0.2) is 11.5 Å². The Kier molecular flexibility index (Phi) is 3.39. The molecule has 2 rings (SSSR count). The number of fused-ring (bicyclic) bond motifs is 1. The normalized spacial score (nSPS) is 20.2. The van der Waals surface area contributed by atoms with Gasteiger partial charge in [0.05, 0.1) is 16.4 Å². The number of aliphatic imine (C=N–C) groups is 1. The lowest BCUT2D eigenvalue weighted by atomic mass is 10.1. The summed E-state index contributed by atoms with van der Waals surface area (Å²) in [5.74, 6) is -1.58. The lowest BCUT2D eigenvalue weighted by molar-refractivity contribution is -0.281. The van der Waals surface area contributed by atoms with Crippen molar-refractivity contribution in [3.63, 3.8) is 0 Å². The number of halogens is 6. The lowest BCUT2D eigenvalue weighted by Gasteiger charge is -2.29. The Balaban J connectivity index is 2.60. The molecule has 108 valence electrons. The van der Waals surface area contributed by atoms with Gasteiger partial charge >= 0.3 is 18.6 Å². The zero-order chi connectivity index (χ0) is 15.1. The molecule has 1 unspecified atom stereocenters. The van der Waals surface area contributed by atoms with Crippen LogP contribution in [-0.2, 0) is 6.18 Å². The predicted octanol–water partition coefficient (Wildman–Crippen LogP) is 4.10. The Hall–Kier alpha value is -1.80.